The van der Waals surface area contributed by atoms with Crippen LogP contribution in [0.3, 0.4) is 0 Å². The van der Waals surface area contributed by atoms with Gasteiger partial charge in [-0.15, -0.1) is 0 Å². The van der Waals surface area contributed by atoms with E-state index in [9.17, 15) is 4.79 Å². The lowest BCUT2D eigenvalue weighted by Crippen LogP contribution is -2.33. The zero-order valence-electron chi connectivity index (χ0n) is 16.9. The van der Waals surface area contributed by atoms with Crippen LogP contribution in [0, 0.1) is 0 Å². The maximum absolute atomic E-state index is 12.9. The summed E-state index contributed by atoms with van der Waals surface area (Å²) in [5, 5.41) is 0. The van der Waals surface area contributed by atoms with Gasteiger partial charge in [-0.2, -0.15) is 0 Å². The lowest BCUT2D eigenvalue weighted by atomic mass is 10.0. The van der Waals surface area contributed by atoms with Gasteiger partial charge in [0, 0.05) is 48.3 Å². The Hall–Kier alpha value is -3.21. The van der Waals surface area contributed by atoms with Crippen molar-refractivity contribution in [2.24, 2.45) is 0 Å². The van der Waals surface area contributed by atoms with Crippen molar-refractivity contribution in [2.75, 3.05) is 20.2 Å². The van der Waals surface area contributed by atoms with Gasteiger partial charge < -0.3 is 9.64 Å². The molecule has 29 heavy (non-hydrogen) atoms. The molecule has 0 N–H and O–H groups in total. The smallest absolute Gasteiger partial charge is 0.253 e. The van der Waals surface area contributed by atoms with Gasteiger partial charge in [-0.05, 0) is 42.8 Å². The molecule has 0 saturated carbocycles. The van der Waals surface area contributed by atoms with Crippen LogP contribution < -0.4 is 4.74 Å². The number of nitrogens with zero attached hydrogens (tertiary/aromatic N) is 3. The van der Waals surface area contributed by atoms with Gasteiger partial charge in [0.25, 0.3) is 5.91 Å². The number of carbonyl (C=O) groups is 1. The second kappa shape index (κ2) is 8.43. The van der Waals surface area contributed by atoms with E-state index in [-0.39, 0.29) is 5.91 Å². The number of aryl methyl sites for hydroxylation is 1. The zero-order chi connectivity index (χ0) is 20.2. The summed E-state index contributed by atoms with van der Waals surface area (Å²) in [5.41, 5.74) is 4.97. The molecule has 0 atom stereocenters. The van der Waals surface area contributed by atoms with Crippen molar-refractivity contribution in [1.29, 1.82) is 0 Å². The maximum atomic E-state index is 12.9. The normalized spacial score (nSPS) is 13.5. The van der Waals surface area contributed by atoms with E-state index in [1.807, 2.05) is 59.5 Å². The molecule has 1 amide bonds. The highest BCUT2D eigenvalue weighted by Crippen LogP contribution is 2.28. The maximum Gasteiger partial charge on any atom is 0.253 e. The predicted molar refractivity (Wildman–Crippen MR) is 113 cm³/mol. The van der Waals surface area contributed by atoms with Crippen LogP contribution in [0.4, 0.5) is 0 Å². The highest BCUT2D eigenvalue weighted by atomic mass is 16.5. The summed E-state index contributed by atoms with van der Waals surface area (Å²) in [7, 11) is 1.67. The second-order valence-corrected chi connectivity index (χ2v) is 7.15. The fourth-order valence-corrected chi connectivity index (χ4v) is 3.76. The minimum absolute atomic E-state index is 0.0769. The molecule has 0 bridgehead atoms. The van der Waals surface area contributed by atoms with E-state index in [0.717, 1.165) is 58.9 Å². The SMILES string of the molecule is CCc1nc2c(c(-c3ccc(OC)cc3)n1)CCN(C(=O)c1ccccc1)CC2. The lowest BCUT2D eigenvalue weighted by molar-refractivity contribution is 0.0763. The molecule has 0 spiro atoms. The van der Waals surface area contributed by atoms with Gasteiger partial charge in [0.05, 0.1) is 12.8 Å². The molecule has 0 radical (unpaired) electrons. The van der Waals surface area contributed by atoms with Gasteiger partial charge in [-0.25, -0.2) is 9.97 Å². The molecule has 4 rings (SSSR count). The summed E-state index contributed by atoms with van der Waals surface area (Å²) >= 11 is 0. The molecular formula is C24H25N3O2. The first-order valence-electron chi connectivity index (χ1n) is 10.1. The molecule has 148 valence electrons. The first-order chi connectivity index (χ1) is 14.2. The van der Waals surface area contributed by atoms with E-state index in [1.54, 1.807) is 7.11 Å². The van der Waals surface area contributed by atoms with Crippen molar-refractivity contribution in [2.45, 2.75) is 26.2 Å². The summed E-state index contributed by atoms with van der Waals surface area (Å²) in [6.45, 7) is 3.41. The Kier molecular flexibility index (Phi) is 5.56. The predicted octanol–water partition coefficient (Wildman–Crippen LogP) is 3.96. The average molecular weight is 387 g/mol. The summed E-state index contributed by atoms with van der Waals surface area (Å²) < 4.78 is 5.29. The molecule has 5 heteroatoms. The van der Waals surface area contributed by atoms with Crippen LogP contribution in [0.2, 0.25) is 0 Å². The van der Waals surface area contributed by atoms with Crippen LogP contribution in [0.25, 0.3) is 11.3 Å². The average Bonchev–Trinajstić information content (AvgIpc) is 3.01. The second-order valence-electron chi connectivity index (χ2n) is 7.15. The van der Waals surface area contributed by atoms with Crippen molar-refractivity contribution in [3.05, 3.63) is 77.2 Å². The minimum Gasteiger partial charge on any atom is -0.497 e. The molecule has 0 aliphatic carbocycles. The van der Waals surface area contributed by atoms with Gasteiger partial charge in [-0.3, -0.25) is 4.79 Å². The number of fused-ring (bicyclic) bond motifs is 1. The van der Waals surface area contributed by atoms with E-state index < -0.39 is 0 Å². The largest absolute Gasteiger partial charge is 0.497 e. The van der Waals surface area contributed by atoms with Crippen LogP contribution in [0.15, 0.2) is 54.6 Å². The van der Waals surface area contributed by atoms with E-state index >= 15 is 0 Å². The number of carbonyl (C=O) groups excluding carboxylic acids is 1. The van der Waals surface area contributed by atoms with Crippen LogP contribution in [-0.4, -0.2) is 41.0 Å². The molecule has 2 heterocycles. The number of aromatic nitrogens is 2. The Balaban J connectivity index is 1.66. The molecule has 1 aliphatic rings. The van der Waals surface area contributed by atoms with Gasteiger partial charge in [0.15, 0.2) is 0 Å². The topological polar surface area (TPSA) is 55.3 Å². The Morgan fingerprint density at radius 2 is 1.72 bits per heavy atom. The fraction of sp³-hybridized carbons (Fsp3) is 0.292. The van der Waals surface area contributed by atoms with Crippen molar-refractivity contribution in [3.63, 3.8) is 0 Å². The number of hydrogen-bond donors (Lipinski definition) is 0. The molecule has 3 aromatic rings. The molecule has 5 nitrogen and oxygen atoms in total. The quantitative estimate of drug-likeness (QED) is 0.680. The Morgan fingerprint density at radius 1 is 1.00 bits per heavy atom. The monoisotopic (exact) mass is 387 g/mol. The molecular weight excluding hydrogens is 362 g/mol. The summed E-state index contributed by atoms with van der Waals surface area (Å²) in [4.78, 5) is 24.5. The van der Waals surface area contributed by atoms with E-state index in [0.29, 0.717) is 13.1 Å². The van der Waals surface area contributed by atoms with Crippen molar-refractivity contribution >= 4 is 5.91 Å². The van der Waals surface area contributed by atoms with Gasteiger partial charge in [0.2, 0.25) is 0 Å². The van der Waals surface area contributed by atoms with Crippen molar-refractivity contribution < 1.29 is 9.53 Å². The highest BCUT2D eigenvalue weighted by Gasteiger charge is 2.23. The summed E-state index contributed by atoms with van der Waals surface area (Å²) in [6.07, 6.45) is 2.27. The van der Waals surface area contributed by atoms with E-state index in [4.69, 9.17) is 14.7 Å². The third-order valence-corrected chi connectivity index (χ3v) is 5.38. The number of benzene rings is 2. The van der Waals surface area contributed by atoms with E-state index in [1.165, 1.54) is 0 Å². The number of ether oxygens (including phenoxy) is 1. The van der Waals surface area contributed by atoms with Crippen molar-refractivity contribution in [1.82, 2.24) is 14.9 Å². The first kappa shape index (κ1) is 19.1. The number of rotatable bonds is 4. The zero-order valence-corrected chi connectivity index (χ0v) is 16.9. The Bertz CT molecular complexity index is 1000. The number of methoxy groups -OCH3 is 1. The third kappa shape index (κ3) is 3.99. The minimum atomic E-state index is 0.0769. The summed E-state index contributed by atoms with van der Waals surface area (Å²) in [6, 6.07) is 17.5. The highest BCUT2D eigenvalue weighted by molar-refractivity contribution is 5.94. The van der Waals surface area contributed by atoms with Crippen LogP contribution in [-0.2, 0) is 19.3 Å². The molecule has 0 fully saturated rings. The van der Waals surface area contributed by atoms with Crippen LogP contribution in [0.1, 0.15) is 34.4 Å². The number of hydrogen-bond acceptors (Lipinski definition) is 4. The van der Waals surface area contributed by atoms with Gasteiger partial charge in [0.1, 0.15) is 11.6 Å². The number of amides is 1. The summed E-state index contributed by atoms with van der Waals surface area (Å²) in [5.74, 6) is 1.75. The molecule has 0 saturated heterocycles. The van der Waals surface area contributed by atoms with Gasteiger partial charge in [-0.1, -0.05) is 25.1 Å². The standard InChI is InChI=1S/C24H25N3O2/c1-3-22-25-21-14-16-27(24(28)18-7-5-4-6-8-18)15-13-20(21)23(26-22)17-9-11-19(29-2)12-10-17/h4-12H,3,13-16H2,1-2H3. The molecule has 0 unspecified atom stereocenters. The Labute approximate surface area is 171 Å². The fourth-order valence-electron chi connectivity index (χ4n) is 3.76. The molecule has 1 aliphatic heterocycles. The molecule has 2 aromatic carbocycles. The first-order valence-corrected chi connectivity index (χ1v) is 10.1. The van der Waals surface area contributed by atoms with Gasteiger partial charge >= 0.3 is 0 Å². The molecule has 1 aromatic heterocycles. The van der Waals surface area contributed by atoms with Crippen LogP contribution in [0.5, 0.6) is 5.75 Å². The lowest BCUT2D eigenvalue weighted by Gasteiger charge is -2.20. The van der Waals surface area contributed by atoms with Crippen molar-refractivity contribution in [3.8, 4) is 17.0 Å². The Morgan fingerprint density at radius 3 is 2.41 bits per heavy atom. The van der Waals surface area contributed by atoms with E-state index in [2.05, 4.69) is 6.92 Å². The van der Waals surface area contributed by atoms with Crippen LogP contribution >= 0.6 is 0 Å². The third-order valence-electron chi connectivity index (χ3n) is 5.38.